The van der Waals surface area contributed by atoms with Gasteiger partial charge in [-0.25, -0.2) is 0 Å². The van der Waals surface area contributed by atoms with E-state index in [4.69, 9.17) is 10.8 Å². The molecule has 0 radical (unpaired) electrons. The van der Waals surface area contributed by atoms with Crippen LogP contribution in [0, 0.1) is 0 Å². The highest BCUT2D eigenvalue weighted by Gasteiger charge is 2.25. The Morgan fingerprint density at radius 1 is 1.43 bits per heavy atom. The molecule has 1 atom stereocenters. The first-order valence-corrected chi connectivity index (χ1v) is 4.85. The Hall–Kier alpha value is -0.930. The van der Waals surface area contributed by atoms with Crippen molar-refractivity contribution in [2.45, 2.75) is 31.7 Å². The fourth-order valence-corrected chi connectivity index (χ4v) is 1.69. The summed E-state index contributed by atoms with van der Waals surface area (Å²) in [7, 11) is 0. The Morgan fingerprint density at radius 2 is 2.00 bits per heavy atom. The van der Waals surface area contributed by atoms with Gasteiger partial charge in [-0.15, -0.1) is 0 Å². The lowest BCUT2D eigenvalue weighted by Gasteiger charge is -2.30. The average Bonchev–Trinajstić information content (AvgIpc) is 2.14. The van der Waals surface area contributed by atoms with Gasteiger partial charge in [0.25, 0.3) is 0 Å². The molecule has 0 amide bonds. The third kappa shape index (κ3) is 2.79. The van der Waals surface area contributed by atoms with Gasteiger partial charge < -0.3 is 10.8 Å². The second kappa shape index (κ2) is 4.53. The van der Waals surface area contributed by atoms with E-state index in [1.807, 2.05) is 26.0 Å². The van der Waals surface area contributed by atoms with Crippen LogP contribution in [0.15, 0.2) is 24.5 Å². The van der Waals surface area contributed by atoms with Crippen LogP contribution in [0.3, 0.4) is 0 Å². The summed E-state index contributed by atoms with van der Waals surface area (Å²) in [5.74, 6) is 0.176. The van der Waals surface area contributed by atoms with Crippen LogP contribution >= 0.6 is 0 Å². The van der Waals surface area contributed by atoms with Gasteiger partial charge in [-0.3, -0.25) is 4.98 Å². The van der Waals surface area contributed by atoms with Crippen LogP contribution in [-0.2, 0) is 0 Å². The van der Waals surface area contributed by atoms with Crippen molar-refractivity contribution in [3.63, 3.8) is 0 Å². The molecule has 1 rings (SSSR count). The van der Waals surface area contributed by atoms with E-state index in [2.05, 4.69) is 4.98 Å². The maximum atomic E-state index is 8.99. The molecule has 0 saturated heterocycles. The summed E-state index contributed by atoms with van der Waals surface area (Å²) in [5.41, 5.74) is 6.89. The smallest absolute Gasteiger partial charge is 0.0437 e. The maximum absolute atomic E-state index is 8.99. The summed E-state index contributed by atoms with van der Waals surface area (Å²) in [6.07, 6.45) is 4.20. The van der Waals surface area contributed by atoms with Crippen LogP contribution in [0.5, 0.6) is 0 Å². The van der Waals surface area contributed by atoms with Crippen LogP contribution < -0.4 is 5.73 Å². The molecule has 3 nitrogen and oxygen atoms in total. The predicted molar refractivity (Wildman–Crippen MR) is 56.9 cm³/mol. The lowest BCUT2D eigenvalue weighted by Crippen LogP contribution is -2.39. The van der Waals surface area contributed by atoms with Gasteiger partial charge in [0.1, 0.15) is 0 Å². The zero-order chi connectivity index (χ0) is 10.6. The van der Waals surface area contributed by atoms with E-state index >= 15 is 0 Å². The quantitative estimate of drug-likeness (QED) is 0.759. The van der Waals surface area contributed by atoms with Crippen molar-refractivity contribution in [3.05, 3.63) is 30.1 Å². The van der Waals surface area contributed by atoms with E-state index in [9.17, 15) is 0 Å². The summed E-state index contributed by atoms with van der Waals surface area (Å²) in [6.45, 7) is 4.12. The fourth-order valence-electron chi connectivity index (χ4n) is 1.69. The van der Waals surface area contributed by atoms with E-state index in [0.29, 0.717) is 6.42 Å². The summed E-state index contributed by atoms with van der Waals surface area (Å²) < 4.78 is 0. The van der Waals surface area contributed by atoms with Gasteiger partial charge in [0, 0.05) is 30.5 Å². The zero-order valence-electron chi connectivity index (χ0n) is 8.77. The van der Waals surface area contributed by atoms with Crippen LogP contribution in [0.2, 0.25) is 0 Å². The molecular formula is C11H18N2O. The van der Waals surface area contributed by atoms with E-state index < -0.39 is 0 Å². The lowest BCUT2D eigenvalue weighted by molar-refractivity contribution is 0.250. The van der Waals surface area contributed by atoms with Crippen molar-refractivity contribution >= 4 is 0 Å². The molecule has 3 heteroatoms. The second-order valence-electron chi connectivity index (χ2n) is 4.17. The van der Waals surface area contributed by atoms with E-state index in [1.165, 1.54) is 0 Å². The number of nitrogens with zero attached hydrogens (tertiary/aromatic N) is 1. The first kappa shape index (κ1) is 11.1. The number of hydrogen-bond donors (Lipinski definition) is 2. The number of nitrogens with two attached hydrogens (primary N) is 1. The van der Waals surface area contributed by atoms with Gasteiger partial charge in [-0.05, 0) is 38.0 Å². The highest BCUT2D eigenvalue weighted by molar-refractivity contribution is 5.20. The number of pyridine rings is 1. The molecule has 0 bridgehead atoms. The molecule has 0 aliphatic heterocycles. The van der Waals surface area contributed by atoms with Gasteiger partial charge in [0.2, 0.25) is 0 Å². The SMILES string of the molecule is CC(C)(N)C(CCO)c1ccncc1. The van der Waals surface area contributed by atoms with Crippen LogP contribution in [0.4, 0.5) is 0 Å². The Kier molecular flexibility index (Phi) is 3.61. The number of rotatable bonds is 4. The molecule has 0 aliphatic carbocycles. The summed E-state index contributed by atoms with van der Waals surface area (Å²) >= 11 is 0. The second-order valence-corrected chi connectivity index (χ2v) is 4.17. The lowest BCUT2D eigenvalue weighted by atomic mass is 9.81. The predicted octanol–water partition coefficient (Wildman–Crippen LogP) is 1.28. The number of aromatic nitrogens is 1. The Morgan fingerprint density at radius 3 is 2.43 bits per heavy atom. The number of aliphatic hydroxyl groups excluding tert-OH is 1. The Balaban J connectivity index is 2.89. The van der Waals surface area contributed by atoms with E-state index in [-0.39, 0.29) is 18.1 Å². The Labute approximate surface area is 85.0 Å². The number of aliphatic hydroxyl groups is 1. The average molecular weight is 194 g/mol. The van der Waals surface area contributed by atoms with Gasteiger partial charge in [-0.1, -0.05) is 0 Å². The van der Waals surface area contributed by atoms with E-state index in [1.54, 1.807) is 12.4 Å². The van der Waals surface area contributed by atoms with Gasteiger partial charge in [0.15, 0.2) is 0 Å². The molecular weight excluding hydrogens is 176 g/mol. The van der Waals surface area contributed by atoms with Crippen LogP contribution in [0.25, 0.3) is 0 Å². The minimum absolute atomic E-state index is 0.160. The molecule has 0 fully saturated rings. The van der Waals surface area contributed by atoms with Crippen molar-refractivity contribution < 1.29 is 5.11 Å². The van der Waals surface area contributed by atoms with Gasteiger partial charge in [-0.2, -0.15) is 0 Å². The van der Waals surface area contributed by atoms with E-state index in [0.717, 1.165) is 5.56 Å². The van der Waals surface area contributed by atoms with Crippen molar-refractivity contribution in [1.82, 2.24) is 4.98 Å². The van der Waals surface area contributed by atoms with Gasteiger partial charge in [0.05, 0.1) is 0 Å². The molecule has 1 aromatic rings. The van der Waals surface area contributed by atoms with Crippen LogP contribution in [-0.4, -0.2) is 22.2 Å². The standard InChI is InChI=1S/C11H18N2O/c1-11(2,12)10(5-8-14)9-3-6-13-7-4-9/h3-4,6-7,10,14H,5,8,12H2,1-2H3. The van der Waals surface area contributed by atoms with Crippen molar-refractivity contribution in [2.75, 3.05) is 6.61 Å². The molecule has 0 spiro atoms. The third-order valence-corrected chi connectivity index (χ3v) is 2.42. The molecule has 1 unspecified atom stereocenters. The maximum Gasteiger partial charge on any atom is 0.0437 e. The largest absolute Gasteiger partial charge is 0.396 e. The summed E-state index contributed by atoms with van der Waals surface area (Å²) in [4.78, 5) is 3.97. The van der Waals surface area contributed by atoms with Gasteiger partial charge >= 0.3 is 0 Å². The normalized spacial score (nSPS) is 14.0. The van der Waals surface area contributed by atoms with Crippen molar-refractivity contribution in [2.24, 2.45) is 5.73 Å². The third-order valence-electron chi connectivity index (χ3n) is 2.42. The molecule has 0 aromatic carbocycles. The monoisotopic (exact) mass is 194 g/mol. The fraction of sp³-hybridized carbons (Fsp3) is 0.545. The molecule has 1 aromatic heterocycles. The Bertz CT molecular complexity index is 266. The van der Waals surface area contributed by atoms with Crippen molar-refractivity contribution in [3.8, 4) is 0 Å². The topological polar surface area (TPSA) is 59.1 Å². The molecule has 78 valence electrons. The molecule has 0 saturated carbocycles. The molecule has 14 heavy (non-hydrogen) atoms. The first-order valence-electron chi connectivity index (χ1n) is 4.85. The zero-order valence-corrected chi connectivity index (χ0v) is 8.77. The molecule has 1 heterocycles. The highest BCUT2D eigenvalue weighted by Crippen LogP contribution is 2.28. The molecule has 0 aliphatic rings. The first-order chi connectivity index (χ1) is 6.55. The molecule has 3 N–H and O–H groups in total. The van der Waals surface area contributed by atoms with Crippen LogP contribution in [0.1, 0.15) is 31.7 Å². The highest BCUT2D eigenvalue weighted by atomic mass is 16.3. The summed E-state index contributed by atoms with van der Waals surface area (Å²) in [6, 6.07) is 3.91. The number of hydrogen-bond acceptors (Lipinski definition) is 3. The van der Waals surface area contributed by atoms with Crippen molar-refractivity contribution in [1.29, 1.82) is 0 Å². The minimum Gasteiger partial charge on any atom is -0.396 e. The minimum atomic E-state index is -0.315. The summed E-state index contributed by atoms with van der Waals surface area (Å²) in [5, 5.41) is 8.99.